The fourth-order valence-electron chi connectivity index (χ4n) is 1.41. The lowest BCUT2D eigenvalue weighted by atomic mass is 9.74. The van der Waals surface area contributed by atoms with Crippen LogP contribution in [-0.2, 0) is 4.65 Å². The van der Waals surface area contributed by atoms with Gasteiger partial charge in [-0.15, -0.1) is 0 Å². The second-order valence-electron chi connectivity index (χ2n) is 5.37. The highest BCUT2D eigenvalue weighted by atomic mass is 16.5. The van der Waals surface area contributed by atoms with Crippen molar-refractivity contribution in [1.29, 1.82) is 0 Å². The van der Waals surface area contributed by atoms with E-state index in [1.165, 1.54) is 0 Å². The van der Waals surface area contributed by atoms with Crippen molar-refractivity contribution in [3.63, 3.8) is 0 Å². The lowest BCUT2D eigenvalue weighted by molar-refractivity contribution is -0.0982. The summed E-state index contributed by atoms with van der Waals surface area (Å²) in [7, 11) is -1.10. The van der Waals surface area contributed by atoms with Crippen LogP contribution >= 0.6 is 0 Å². The SMILES string of the molecule is C=Cc1ccccc1B(O)OC(C)(C)C(C)(C)O. The molecule has 0 atom stereocenters. The van der Waals surface area contributed by atoms with E-state index in [4.69, 9.17) is 4.65 Å². The van der Waals surface area contributed by atoms with E-state index >= 15 is 0 Å². The smallest absolute Gasteiger partial charge is 0.423 e. The van der Waals surface area contributed by atoms with Crippen LogP contribution in [-0.4, -0.2) is 28.5 Å². The van der Waals surface area contributed by atoms with Crippen molar-refractivity contribution in [3.8, 4) is 0 Å². The third kappa shape index (κ3) is 3.22. The van der Waals surface area contributed by atoms with Crippen molar-refractivity contribution in [1.82, 2.24) is 0 Å². The summed E-state index contributed by atoms with van der Waals surface area (Å²) in [6.45, 7) is 10.5. The Hall–Kier alpha value is -1.10. The van der Waals surface area contributed by atoms with Crippen LogP contribution in [0.4, 0.5) is 0 Å². The van der Waals surface area contributed by atoms with E-state index in [-0.39, 0.29) is 0 Å². The van der Waals surface area contributed by atoms with Gasteiger partial charge in [-0.25, -0.2) is 0 Å². The molecule has 0 unspecified atom stereocenters. The molecular formula is C14H21BO3. The Labute approximate surface area is 109 Å². The molecule has 0 aliphatic rings. The summed E-state index contributed by atoms with van der Waals surface area (Å²) in [4.78, 5) is 0. The first-order valence-corrected chi connectivity index (χ1v) is 5.98. The van der Waals surface area contributed by atoms with Gasteiger partial charge in [0.15, 0.2) is 0 Å². The molecule has 1 aromatic carbocycles. The minimum Gasteiger partial charge on any atom is -0.423 e. The molecule has 0 aromatic heterocycles. The number of rotatable bonds is 5. The molecular weight excluding hydrogens is 227 g/mol. The standard InChI is InChI=1S/C14H21BO3/c1-6-11-9-7-8-10-12(11)15(17)18-14(4,5)13(2,3)16/h6-10,16-17H,1H2,2-5H3. The van der Waals surface area contributed by atoms with Crippen molar-refractivity contribution in [2.75, 3.05) is 0 Å². The first-order valence-electron chi connectivity index (χ1n) is 5.98. The second kappa shape index (κ2) is 5.27. The van der Waals surface area contributed by atoms with E-state index in [1.54, 1.807) is 39.8 Å². The lowest BCUT2D eigenvalue weighted by Gasteiger charge is -2.38. The van der Waals surface area contributed by atoms with Crippen LogP contribution in [0.5, 0.6) is 0 Å². The van der Waals surface area contributed by atoms with Crippen LogP contribution in [0.3, 0.4) is 0 Å². The Kier molecular flexibility index (Phi) is 4.38. The third-order valence-electron chi connectivity index (χ3n) is 3.36. The van der Waals surface area contributed by atoms with Crippen LogP contribution in [0.25, 0.3) is 6.08 Å². The third-order valence-corrected chi connectivity index (χ3v) is 3.36. The van der Waals surface area contributed by atoms with Crippen LogP contribution in [0.15, 0.2) is 30.8 Å². The summed E-state index contributed by atoms with van der Waals surface area (Å²) in [5, 5.41) is 20.2. The number of aliphatic hydroxyl groups is 1. The number of hydrogen-bond donors (Lipinski definition) is 2. The summed E-state index contributed by atoms with van der Waals surface area (Å²) in [5.41, 5.74) is -0.473. The Morgan fingerprint density at radius 1 is 1.22 bits per heavy atom. The number of hydrogen-bond acceptors (Lipinski definition) is 3. The van der Waals surface area contributed by atoms with Gasteiger partial charge < -0.3 is 14.8 Å². The minimum absolute atomic E-state index is 0.643. The number of benzene rings is 1. The molecule has 0 heterocycles. The molecule has 0 amide bonds. The highest BCUT2D eigenvalue weighted by Gasteiger charge is 2.39. The Morgan fingerprint density at radius 2 is 1.78 bits per heavy atom. The van der Waals surface area contributed by atoms with Crippen molar-refractivity contribution in [2.45, 2.75) is 38.9 Å². The van der Waals surface area contributed by atoms with Gasteiger partial charge in [0.05, 0.1) is 11.2 Å². The molecule has 2 N–H and O–H groups in total. The van der Waals surface area contributed by atoms with Gasteiger partial charge in [0.2, 0.25) is 0 Å². The van der Waals surface area contributed by atoms with E-state index in [1.807, 2.05) is 18.2 Å². The van der Waals surface area contributed by atoms with E-state index in [9.17, 15) is 10.1 Å². The maximum absolute atomic E-state index is 10.2. The average molecular weight is 248 g/mol. The first kappa shape index (κ1) is 15.0. The molecule has 0 saturated carbocycles. The van der Waals surface area contributed by atoms with E-state index in [2.05, 4.69) is 6.58 Å². The molecule has 0 aliphatic heterocycles. The maximum atomic E-state index is 10.2. The summed E-state index contributed by atoms with van der Waals surface area (Å²) in [6, 6.07) is 7.33. The zero-order valence-corrected chi connectivity index (χ0v) is 11.5. The van der Waals surface area contributed by atoms with Crippen molar-refractivity contribution in [3.05, 3.63) is 36.4 Å². The van der Waals surface area contributed by atoms with E-state index < -0.39 is 18.3 Å². The first-order chi connectivity index (χ1) is 8.19. The largest absolute Gasteiger partial charge is 0.492 e. The topological polar surface area (TPSA) is 49.7 Å². The van der Waals surface area contributed by atoms with Crippen LogP contribution < -0.4 is 5.46 Å². The van der Waals surface area contributed by atoms with Gasteiger partial charge in [0.25, 0.3) is 0 Å². The highest BCUT2D eigenvalue weighted by Crippen LogP contribution is 2.25. The Bertz CT molecular complexity index is 421. The second-order valence-corrected chi connectivity index (χ2v) is 5.37. The predicted octanol–water partition coefficient (Wildman–Crippen LogP) is 1.58. The van der Waals surface area contributed by atoms with E-state index in [0.717, 1.165) is 5.56 Å². The molecule has 1 rings (SSSR count). The summed E-state index contributed by atoms with van der Waals surface area (Å²) < 4.78 is 5.59. The van der Waals surface area contributed by atoms with Gasteiger partial charge in [-0.3, -0.25) is 0 Å². The molecule has 0 radical (unpaired) electrons. The van der Waals surface area contributed by atoms with Crippen molar-refractivity contribution >= 4 is 18.7 Å². The predicted molar refractivity (Wildman–Crippen MR) is 75.6 cm³/mol. The summed E-state index contributed by atoms with van der Waals surface area (Å²) in [6.07, 6.45) is 1.67. The lowest BCUT2D eigenvalue weighted by Crippen LogP contribution is -2.53. The molecule has 0 spiro atoms. The molecule has 0 saturated heterocycles. The monoisotopic (exact) mass is 248 g/mol. The van der Waals surface area contributed by atoms with Crippen molar-refractivity contribution < 1.29 is 14.8 Å². The molecule has 98 valence electrons. The van der Waals surface area contributed by atoms with Crippen LogP contribution in [0.1, 0.15) is 33.3 Å². The summed E-state index contributed by atoms with van der Waals surface area (Å²) in [5.74, 6) is 0. The Morgan fingerprint density at radius 3 is 2.28 bits per heavy atom. The minimum atomic E-state index is -1.10. The highest BCUT2D eigenvalue weighted by molar-refractivity contribution is 6.61. The zero-order chi connectivity index (χ0) is 14.0. The fraction of sp³-hybridized carbons (Fsp3) is 0.429. The van der Waals surface area contributed by atoms with Gasteiger partial charge in [-0.2, -0.15) is 0 Å². The molecule has 3 nitrogen and oxygen atoms in total. The van der Waals surface area contributed by atoms with Crippen molar-refractivity contribution in [2.24, 2.45) is 0 Å². The maximum Gasteiger partial charge on any atom is 0.492 e. The Balaban J connectivity index is 2.95. The van der Waals surface area contributed by atoms with Gasteiger partial charge in [0, 0.05) is 0 Å². The normalized spacial score (nSPS) is 12.3. The molecule has 1 aromatic rings. The average Bonchev–Trinajstić information content (AvgIpc) is 2.26. The van der Waals surface area contributed by atoms with E-state index in [0.29, 0.717) is 5.46 Å². The van der Waals surface area contributed by atoms with Gasteiger partial charge in [-0.1, -0.05) is 36.9 Å². The van der Waals surface area contributed by atoms with Gasteiger partial charge in [0.1, 0.15) is 0 Å². The molecule has 18 heavy (non-hydrogen) atoms. The van der Waals surface area contributed by atoms with Crippen LogP contribution in [0.2, 0.25) is 0 Å². The molecule has 0 fully saturated rings. The summed E-state index contributed by atoms with van der Waals surface area (Å²) >= 11 is 0. The van der Waals surface area contributed by atoms with Gasteiger partial charge in [-0.05, 0) is 38.7 Å². The van der Waals surface area contributed by atoms with Gasteiger partial charge >= 0.3 is 7.12 Å². The quantitative estimate of drug-likeness (QED) is 0.778. The molecule has 0 aliphatic carbocycles. The zero-order valence-electron chi connectivity index (χ0n) is 11.5. The van der Waals surface area contributed by atoms with Crippen LogP contribution in [0, 0.1) is 0 Å². The molecule has 0 bridgehead atoms. The fourth-order valence-corrected chi connectivity index (χ4v) is 1.41. The molecule has 4 heteroatoms.